The van der Waals surface area contributed by atoms with Gasteiger partial charge in [0.1, 0.15) is 0 Å². The predicted octanol–water partition coefficient (Wildman–Crippen LogP) is -1.54. The van der Waals surface area contributed by atoms with Crippen LogP contribution in [0.5, 0.6) is 0 Å². The van der Waals surface area contributed by atoms with Crippen molar-refractivity contribution in [2.75, 3.05) is 0 Å². The summed E-state index contributed by atoms with van der Waals surface area (Å²) in [6.45, 7) is 0. The Kier molecular flexibility index (Phi) is 287. The Morgan fingerprint density at radius 2 is 1.00 bits per heavy atom. The van der Waals surface area contributed by atoms with E-state index in [4.69, 9.17) is 7.67 Å². The van der Waals surface area contributed by atoms with Crippen LogP contribution in [0.25, 0.3) is 0 Å². The van der Waals surface area contributed by atoms with E-state index in [1.165, 1.54) is 0 Å². The molecule has 0 heterocycles. The molecule has 2 nitrogen and oxygen atoms in total. The van der Waals surface area contributed by atoms with Gasteiger partial charge in [0, 0.05) is 0 Å². The molecule has 0 aromatic rings. The Labute approximate surface area is 76.6 Å². The van der Waals surface area contributed by atoms with Gasteiger partial charge in [0.25, 0.3) is 0 Å². The van der Waals surface area contributed by atoms with Gasteiger partial charge in [-0.2, -0.15) is 0 Å². The standard InChI is InChI=1S/Cu.2Li.Mn.2O.2H. The number of rotatable bonds is 0. The van der Waals surface area contributed by atoms with Crippen molar-refractivity contribution in [3.05, 3.63) is 0 Å². The Morgan fingerprint density at radius 1 is 1.00 bits per heavy atom. The van der Waals surface area contributed by atoms with Gasteiger partial charge >= 0.3 is 77.3 Å². The molecule has 0 unspecified atom stereocenters. The number of hydrogen-bond acceptors (Lipinski definition) is 2. The van der Waals surface area contributed by atoms with E-state index < -0.39 is 0 Å². The van der Waals surface area contributed by atoms with E-state index in [-0.39, 0.29) is 37.7 Å². The first kappa shape index (κ1) is 24.9. The van der Waals surface area contributed by atoms with Gasteiger partial charge in [-0.3, -0.25) is 0 Å². The summed E-state index contributed by atoms with van der Waals surface area (Å²) in [7, 11) is 0. The van der Waals surface area contributed by atoms with Crippen LogP contribution in [0.4, 0.5) is 0 Å². The summed E-state index contributed by atoms with van der Waals surface area (Å²) in [5, 5.41) is 0. The number of hydrogen-bond donors (Lipinski definition) is 0. The quantitative estimate of drug-likeness (QED) is 0.409. The molecule has 0 N–H and O–H groups in total. The van der Waals surface area contributed by atoms with Crippen LogP contribution in [-0.4, -0.2) is 37.7 Å². The van der Waals surface area contributed by atoms with Crippen LogP contribution in [0.15, 0.2) is 0 Å². The Hall–Kier alpha value is 1.83. The van der Waals surface area contributed by atoms with Gasteiger partial charge in [-0.05, 0) is 0 Å². The van der Waals surface area contributed by atoms with Crippen molar-refractivity contribution in [1.82, 2.24) is 0 Å². The van der Waals surface area contributed by atoms with E-state index in [1.54, 1.807) is 15.9 Å². The van der Waals surface area contributed by atoms with Crippen LogP contribution in [-0.2, 0) is 39.6 Å². The van der Waals surface area contributed by atoms with E-state index in [9.17, 15) is 0 Å². The van der Waals surface area contributed by atoms with Crippen LogP contribution < -0.4 is 0 Å². The molecule has 0 aliphatic carbocycles. The SMILES string of the molecule is [LiH].[LiH].[O]=[Cu].[O]=[Mn]. The molecule has 6 heteroatoms. The van der Waals surface area contributed by atoms with Crippen LogP contribution in [0.1, 0.15) is 0 Å². The van der Waals surface area contributed by atoms with Crippen LogP contribution >= 0.6 is 0 Å². The third-order valence-electron chi connectivity index (χ3n) is 0. The van der Waals surface area contributed by atoms with E-state index in [0.717, 1.165) is 0 Å². The monoisotopic (exact) mass is 166 g/mol. The van der Waals surface area contributed by atoms with E-state index in [1.807, 2.05) is 0 Å². The van der Waals surface area contributed by atoms with Gasteiger partial charge in [-0.1, -0.05) is 0 Å². The van der Waals surface area contributed by atoms with E-state index in [2.05, 4.69) is 15.9 Å². The molecule has 0 saturated carbocycles. The normalized spacial score (nSPS) is 1.67. The molecule has 34 valence electrons. The van der Waals surface area contributed by atoms with E-state index >= 15 is 0 Å². The molecule has 0 aliphatic rings. The van der Waals surface area contributed by atoms with Crippen LogP contribution in [0.2, 0.25) is 0 Å². The third kappa shape index (κ3) is 40.5. The summed E-state index contributed by atoms with van der Waals surface area (Å²) >= 11 is 4.62. The van der Waals surface area contributed by atoms with Gasteiger partial charge in [0.05, 0.1) is 0 Å². The molecule has 0 bridgehead atoms. The second-order valence-electron chi connectivity index (χ2n) is 0. The minimum absolute atomic E-state index is 0. The molecule has 0 aliphatic heterocycles. The molecular weight excluding hydrogens is 164 g/mol. The molecule has 0 atom stereocenters. The van der Waals surface area contributed by atoms with Gasteiger partial charge < -0.3 is 0 Å². The fraction of sp³-hybridized carbons (Fsp3) is 0. The first-order valence-electron chi connectivity index (χ1n) is 0.277. The van der Waals surface area contributed by atoms with Gasteiger partial charge in [-0.25, -0.2) is 0 Å². The molecule has 0 aromatic heterocycles. The average Bonchev–Trinajstić information content (AvgIpc) is 1.50. The van der Waals surface area contributed by atoms with Crippen molar-refractivity contribution in [3.8, 4) is 0 Å². The second-order valence-corrected chi connectivity index (χ2v) is 0. The summed E-state index contributed by atoms with van der Waals surface area (Å²) in [6, 6.07) is 0. The fourth-order valence-electron chi connectivity index (χ4n) is 0. The second kappa shape index (κ2) is 69.2. The van der Waals surface area contributed by atoms with Crippen molar-refractivity contribution >= 4 is 37.7 Å². The van der Waals surface area contributed by atoms with Crippen molar-refractivity contribution in [2.24, 2.45) is 0 Å². The summed E-state index contributed by atoms with van der Waals surface area (Å²) < 4.78 is 15.9. The van der Waals surface area contributed by atoms with Crippen LogP contribution in [0.3, 0.4) is 0 Å². The summed E-state index contributed by atoms with van der Waals surface area (Å²) in [6.07, 6.45) is 0. The zero-order valence-corrected chi connectivity index (χ0v) is 3.62. The molecule has 0 saturated heterocycles. The molecule has 0 amide bonds. The topological polar surface area (TPSA) is 34.1 Å². The average molecular weight is 166 g/mol. The fourth-order valence-corrected chi connectivity index (χ4v) is 0. The van der Waals surface area contributed by atoms with Gasteiger partial charge in [0.15, 0.2) is 0 Å². The molecule has 0 aromatic carbocycles. The zero-order valence-electron chi connectivity index (χ0n) is 1.50. The summed E-state index contributed by atoms with van der Waals surface area (Å²) in [4.78, 5) is 0. The van der Waals surface area contributed by atoms with Crippen molar-refractivity contribution < 1.29 is 39.6 Å². The maximum absolute atomic E-state index is 8.06. The van der Waals surface area contributed by atoms with Crippen molar-refractivity contribution in [1.29, 1.82) is 0 Å². The van der Waals surface area contributed by atoms with Crippen molar-refractivity contribution in [3.63, 3.8) is 0 Å². The first-order chi connectivity index (χ1) is 2.00. The Balaban J connectivity index is -0.00000000500. The van der Waals surface area contributed by atoms with Crippen molar-refractivity contribution in [2.45, 2.75) is 0 Å². The minimum atomic E-state index is 0. The molecule has 0 radical (unpaired) electrons. The maximum atomic E-state index is 8.06. The molecule has 0 spiro atoms. The Bertz CT molecular complexity index is 13.5. The van der Waals surface area contributed by atoms with E-state index in [0.29, 0.717) is 0 Å². The summed E-state index contributed by atoms with van der Waals surface area (Å²) in [5.74, 6) is 0. The van der Waals surface area contributed by atoms with Crippen LogP contribution in [0, 0.1) is 0 Å². The summed E-state index contributed by atoms with van der Waals surface area (Å²) in [5.41, 5.74) is 0. The predicted molar refractivity (Wildman–Crippen MR) is 15.7 cm³/mol. The zero-order chi connectivity index (χ0) is 4.00. The molecule has 0 fully saturated rings. The molecular formula is H2CuLi2MnO2. The van der Waals surface area contributed by atoms with Gasteiger partial charge in [0.2, 0.25) is 0 Å². The molecule has 0 rings (SSSR count). The molecule has 6 heavy (non-hydrogen) atoms. The first-order valence-corrected chi connectivity index (χ1v) is 1.14. The third-order valence-corrected chi connectivity index (χ3v) is 0. The van der Waals surface area contributed by atoms with Gasteiger partial charge in [-0.15, -0.1) is 0 Å². The Morgan fingerprint density at radius 3 is 1.00 bits per heavy atom.